The Morgan fingerprint density at radius 1 is 0.758 bits per heavy atom. The molecule has 5 nitrogen and oxygen atoms in total. The van der Waals surface area contributed by atoms with E-state index in [2.05, 4.69) is 52.2 Å². The molecule has 0 bridgehead atoms. The van der Waals surface area contributed by atoms with Gasteiger partial charge in [-0.3, -0.25) is 0 Å². The van der Waals surface area contributed by atoms with Crippen LogP contribution in [0.1, 0.15) is 0 Å². The molecule has 166 valence electrons. The Morgan fingerprint density at radius 2 is 1.45 bits per heavy atom. The van der Waals surface area contributed by atoms with Gasteiger partial charge in [-0.05, 0) is 49.0 Å². The summed E-state index contributed by atoms with van der Waals surface area (Å²) in [6.45, 7) is 4.27. The summed E-state index contributed by atoms with van der Waals surface area (Å²) in [6.07, 6.45) is 1.81. The van der Waals surface area contributed by atoms with Crippen LogP contribution in [0.4, 0.5) is 11.5 Å². The van der Waals surface area contributed by atoms with Gasteiger partial charge >= 0.3 is 0 Å². The van der Waals surface area contributed by atoms with Crippen LogP contribution in [-0.2, 0) is 0 Å². The first-order valence-electron chi connectivity index (χ1n) is 11.3. The predicted molar refractivity (Wildman–Crippen MR) is 136 cm³/mol. The Balaban J connectivity index is 1.44. The van der Waals surface area contributed by atoms with Gasteiger partial charge in [-0.1, -0.05) is 48.5 Å². The van der Waals surface area contributed by atoms with Gasteiger partial charge in [0.15, 0.2) is 0 Å². The maximum Gasteiger partial charge on any atom is 0.135 e. The van der Waals surface area contributed by atoms with Gasteiger partial charge in [0.25, 0.3) is 0 Å². The fourth-order valence-electron chi connectivity index (χ4n) is 4.18. The summed E-state index contributed by atoms with van der Waals surface area (Å²) in [7, 11) is 2.17. The smallest absolute Gasteiger partial charge is 0.135 e. The second-order valence-electron chi connectivity index (χ2n) is 8.41. The van der Waals surface area contributed by atoms with Gasteiger partial charge in [-0.2, -0.15) is 0 Å². The third kappa shape index (κ3) is 4.69. The number of hydrogen-bond acceptors (Lipinski definition) is 5. The third-order valence-electron chi connectivity index (χ3n) is 6.13. The molecule has 0 saturated carbocycles. The zero-order valence-electron chi connectivity index (χ0n) is 18.8. The summed E-state index contributed by atoms with van der Waals surface area (Å²) in [5, 5.41) is 0. The van der Waals surface area contributed by atoms with Gasteiger partial charge in [0.05, 0.1) is 0 Å². The van der Waals surface area contributed by atoms with Crippen molar-refractivity contribution in [3.63, 3.8) is 0 Å². The van der Waals surface area contributed by atoms with Crippen molar-refractivity contribution >= 4 is 11.5 Å². The molecule has 1 fully saturated rings. The normalized spacial score (nSPS) is 14.3. The quantitative estimate of drug-likeness (QED) is 0.445. The van der Waals surface area contributed by atoms with Crippen LogP contribution in [0.5, 0.6) is 11.5 Å². The lowest BCUT2D eigenvalue weighted by atomic mass is 10.00. The minimum absolute atomic E-state index is 0.521. The Labute approximate surface area is 195 Å². The zero-order chi connectivity index (χ0) is 22.6. The molecule has 1 aliphatic heterocycles. The van der Waals surface area contributed by atoms with E-state index in [-0.39, 0.29) is 0 Å². The van der Waals surface area contributed by atoms with E-state index >= 15 is 0 Å². The largest absolute Gasteiger partial charge is 0.457 e. The number of likely N-dealkylation sites (N-methyl/N-ethyl adjacent to an activating group) is 1. The Bertz CT molecular complexity index is 1220. The molecule has 33 heavy (non-hydrogen) atoms. The van der Waals surface area contributed by atoms with Gasteiger partial charge in [-0.25, -0.2) is 4.98 Å². The standard InChI is InChI=1S/C28H28N4O/c1-31-15-17-32(18-16-31)23-13-11-21(12-14-23)26-19-22(20-30-28(26)29)25-9-5-6-10-27(25)33-24-7-3-2-4-8-24/h2-14,19-20H,15-18H2,1H3,(H2,29,30). The molecule has 0 atom stereocenters. The second kappa shape index (κ2) is 9.35. The molecule has 2 N–H and O–H groups in total. The summed E-state index contributed by atoms with van der Waals surface area (Å²) >= 11 is 0. The highest BCUT2D eigenvalue weighted by Gasteiger charge is 2.15. The van der Waals surface area contributed by atoms with Crippen molar-refractivity contribution in [1.29, 1.82) is 0 Å². The Kier molecular flexibility index (Phi) is 5.96. The zero-order valence-corrected chi connectivity index (χ0v) is 18.8. The molecule has 3 aromatic carbocycles. The van der Waals surface area contributed by atoms with Gasteiger partial charge in [0.1, 0.15) is 17.3 Å². The molecule has 2 heterocycles. The molecule has 5 heteroatoms. The molecular formula is C28H28N4O. The predicted octanol–water partition coefficient (Wildman–Crippen LogP) is 5.54. The number of benzene rings is 3. The number of rotatable bonds is 5. The topological polar surface area (TPSA) is 54.6 Å². The number of nitrogens with two attached hydrogens (primary N) is 1. The lowest BCUT2D eigenvalue weighted by Gasteiger charge is -2.34. The molecular weight excluding hydrogens is 408 g/mol. The SMILES string of the molecule is CN1CCN(c2ccc(-c3cc(-c4ccccc4Oc4ccccc4)cnc3N)cc2)CC1. The van der Waals surface area contributed by atoms with E-state index in [4.69, 9.17) is 10.5 Å². The Hall–Kier alpha value is -3.83. The van der Waals surface area contributed by atoms with Crippen molar-refractivity contribution in [3.8, 4) is 33.8 Å². The molecule has 5 rings (SSSR count). The fraction of sp³-hybridized carbons (Fsp3) is 0.179. The lowest BCUT2D eigenvalue weighted by molar-refractivity contribution is 0.313. The van der Waals surface area contributed by atoms with E-state index < -0.39 is 0 Å². The highest BCUT2D eigenvalue weighted by molar-refractivity contribution is 5.81. The van der Waals surface area contributed by atoms with Crippen LogP contribution in [0, 0.1) is 0 Å². The number of hydrogen-bond donors (Lipinski definition) is 1. The average Bonchev–Trinajstić information content (AvgIpc) is 2.86. The van der Waals surface area contributed by atoms with E-state index in [1.165, 1.54) is 5.69 Å². The van der Waals surface area contributed by atoms with Crippen molar-refractivity contribution in [2.45, 2.75) is 0 Å². The van der Waals surface area contributed by atoms with Gasteiger partial charge in [-0.15, -0.1) is 0 Å². The highest BCUT2D eigenvalue weighted by Crippen LogP contribution is 2.36. The van der Waals surface area contributed by atoms with Crippen LogP contribution in [0.3, 0.4) is 0 Å². The molecule has 0 amide bonds. The summed E-state index contributed by atoms with van der Waals surface area (Å²) in [4.78, 5) is 9.30. The summed E-state index contributed by atoms with van der Waals surface area (Å²) < 4.78 is 6.16. The van der Waals surface area contributed by atoms with Crippen LogP contribution in [0.15, 0.2) is 91.1 Å². The van der Waals surface area contributed by atoms with E-state index in [1.54, 1.807) is 0 Å². The fourth-order valence-corrected chi connectivity index (χ4v) is 4.18. The number of nitrogen functional groups attached to an aromatic ring is 1. The van der Waals surface area contributed by atoms with Crippen LogP contribution in [0.25, 0.3) is 22.3 Å². The number of aromatic nitrogens is 1. The molecule has 4 aromatic rings. The van der Waals surface area contributed by atoms with Crippen molar-refractivity contribution < 1.29 is 4.74 Å². The van der Waals surface area contributed by atoms with Crippen molar-refractivity contribution in [2.24, 2.45) is 0 Å². The van der Waals surface area contributed by atoms with Gasteiger partial charge in [0.2, 0.25) is 0 Å². The van der Waals surface area contributed by atoms with E-state index in [0.717, 1.165) is 59.9 Å². The first-order chi connectivity index (χ1) is 16.2. The van der Waals surface area contributed by atoms with E-state index in [1.807, 2.05) is 60.8 Å². The first-order valence-corrected chi connectivity index (χ1v) is 11.3. The van der Waals surface area contributed by atoms with Crippen LogP contribution in [0.2, 0.25) is 0 Å². The molecule has 1 aliphatic rings. The molecule has 0 unspecified atom stereocenters. The van der Waals surface area contributed by atoms with Crippen molar-refractivity contribution in [2.75, 3.05) is 43.9 Å². The van der Waals surface area contributed by atoms with Crippen LogP contribution in [-0.4, -0.2) is 43.1 Å². The van der Waals surface area contributed by atoms with Crippen molar-refractivity contribution in [1.82, 2.24) is 9.88 Å². The number of piperazine rings is 1. The van der Waals surface area contributed by atoms with Gasteiger partial charge in [0, 0.05) is 54.8 Å². The average molecular weight is 437 g/mol. The maximum atomic E-state index is 6.30. The molecule has 1 aromatic heterocycles. The van der Waals surface area contributed by atoms with E-state index in [0.29, 0.717) is 5.82 Å². The Morgan fingerprint density at radius 3 is 2.21 bits per heavy atom. The molecule has 0 radical (unpaired) electrons. The second-order valence-corrected chi connectivity index (χ2v) is 8.41. The van der Waals surface area contributed by atoms with Crippen LogP contribution < -0.4 is 15.4 Å². The van der Waals surface area contributed by atoms with E-state index in [9.17, 15) is 0 Å². The monoisotopic (exact) mass is 436 g/mol. The maximum absolute atomic E-state index is 6.30. The lowest BCUT2D eigenvalue weighted by Crippen LogP contribution is -2.44. The minimum Gasteiger partial charge on any atom is -0.457 e. The number of ether oxygens (including phenoxy) is 1. The summed E-state index contributed by atoms with van der Waals surface area (Å²) in [5.41, 5.74) is 11.5. The van der Waals surface area contributed by atoms with Crippen LogP contribution >= 0.6 is 0 Å². The first kappa shape index (κ1) is 21.0. The summed E-state index contributed by atoms with van der Waals surface area (Å²) in [5.74, 6) is 2.10. The number of anilines is 2. The number of pyridine rings is 1. The summed E-state index contributed by atoms with van der Waals surface area (Å²) in [6, 6.07) is 28.5. The molecule has 0 spiro atoms. The highest BCUT2D eigenvalue weighted by atomic mass is 16.5. The third-order valence-corrected chi connectivity index (χ3v) is 6.13. The molecule has 1 saturated heterocycles. The minimum atomic E-state index is 0.521. The molecule has 0 aliphatic carbocycles. The van der Waals surface area contributed by atoms with Crippen molar-refractivity contribution in [3.05, 3.63) is 91.1 Å². The number of nitrogens with zero attached hydrogens (tertiary/aromatic N) is 3. The number of para-hydroxylation sites is 2. The van der Waals surface area contributed by atoms with Gasteiger partial charge < -0.3 is 20.3 Å².